The van der Waals surface area contributed by atoms with Gasteiger partial charge in [-0.15, -0.1) is 0 Å². The molecule has 0 aliphatic carbocycles. The fourth-order valence-corrected chi connectivity index (χ4v) is 4.06. The van der Waals surface area contributed by atoms with E-state index in [1.807, 2.05) is 36.4 Å². The highest BCUT2D eigenvalue weighted by atomic mass is 35.5. The predicted molar refractivity (Wildman–Crippen MR) is 114 cm³/mol. The van der Waals surface area contributed by atoms with Crippen molar-refractivity contribution in [3.8, 4) is 5.75 Å². The number of hydrogen-bond donors (Lipinski definition) is 0. The monoisotopic (exact) mass is 410 g/mol. The smallest absolute Gasteiger partial charge is 0.123 e. The van der Waals surface area contributed by atoms with Gasteiger partial charge in [-0.3, -0.25) is 9.80 Å². The summed E-state index contributed by atoms with van der Waals surface area (Å²) >= 11 is 6.05. The van der Waals surface area contributed by atoms with Gasteiger partial charge in [0.05, 0.1) is 13.3 Å². The van der Waals surface area contributed by atoms with Crippen LogP contribution in [0.1, 0.15) is 22.9 Å². The summed E-state index contributed by atoms with van der Waals surface area (Å²) in [5.74, 6) is 0.645. The fourth-order valence-electron chi connectivity index (χ4n) is 3.94. The Labute approximate surface area is 176 Å². The number of rotatable bonds is 6. The summed E-state index contributed by atoms with van der Waals surface area (Å²) in [6.07, 6.45) is 0.117. The average Bonchev–Trinajstić information content (AvgIpc) is 3.13. The summed E-state index contributed by atoms with van der Waals surface area (Å²) in [4.78, 5) is 4.89. The van der Waals surface area contributed by atoms with E-state index in [0.717, 1.165) is 42.5 Å². The Morgan fingerprint density at radius 3 is 2.07 bits per heavy atom. The maximum Gasteiger partial charge on any atom is 0.123 e. The highest BCUT2D eigenvalue weighted by Crippen LogP contribution is 2.34. The number of halogens is 2. The molecule has 1 saturated heterocycles. The van der Waals surface area contributed by atoms with Crippen LogP contribution in [0.25, 0.3) is 0 Å². The van der Waals surface area contributed by atoms with E-state index < -0.39 is 0 Å². The molecule has 0 radical (unpaired) electrons. The van der Waals surface area contributed by atoms with E-state index in [1.165, 1.54) is 23.3 Å². The molecule has 4 rings (SSSR count). The molecule has 1 atom stereocenters. The molecule has 5 heteroatoms. The molecule has 150 valence electrons. The van der Waals surface area contributed by atoms with Crippen LogP contribution in [-0.4, -0.2) is 30.0 Å². The van der Waals surface area contributed by atoms with E-state index in [-0.39, 0.29) is 12.0 Å². The summed E-state index contributed by atoms with van der Waals surface area (Å²) in [6.45, 7) is 3.48. The molecular weight excluding hydrogens is 387 g/mol. The van der Waals surface area contributed by atoms with Gasteiger partial charge >= 0.3 is 0 Å². The molecule has 0 amide bonds. The van der Waals surface area contributed by atoms with Crippen LogP contribution in [0.4, 0.5) is 4.39 Å². The molecule has 0 bridgehead atoms. The third kappa shape index (κ3) is 4.78. The molecule has 29 heavy (non-hydrogen) atoms. The number of hydrogen-bond acceptors (Lipinski definition) is 3. The summed E-state index contributed by atoms with van der Waals surface area (Å²) in [6, 6.07) is 23.0. The zero-order valence-electron chi connectivity index (χ0n) is 16.4. The van der Waals surface area contributed by atoms with Crippen LogP contribution < -0.4 is 4.74 Å². The maximum atomic E-state index is 13.3. The van der Waals surface area contributed by atoms with Gasteiger partial charge in [0.1, 0.15) is 11.6 Å². The molecule has 3 nitrogen and oxygen atoms in total. The summed E-state index contributed by atoms with van der Waals surface area (Å²) < 4.78 is 18.8. The second-order valence-electron chi connectivity index (χ2n) is 7.34. The topological polar surface area (TPSA) is 15.7 Å². The lowest BCUT2D eigenvalue weighted by atomic mass is 10.1. The average molecular weight is 411 g/mol. The lowest BCUT2D eigenvalue weighted by Gasteiger charge is -2.31. The standard InChI is InChI=1S/C24H24ClFN2O/c1-29-23-4-2-3-20(15-23)24-27(16-18-5-9-21(25)10-6-18)13-14-28(24)17-19-7-11-22(26)12-8-19/h2-12,15,24H,13-14,16-17H2,1H3. The maximum absolute atomic E-state index is 13.3. The molecule has 3 aromatic carbocycles. The lowest BCUT2D eigenvalue weighted by Crippen LogP contribution is -2.30. The van der Waals surface area contributed by atoms with Crippen molar-refractivity contribution in [2.24, 2.45) is 0 Å². The molecule has 0 N–H and O–H groups in total. The molecule has 1 heterocycles. The van der Waals surface area contributed by atoms with Crippen molar-refractivity contribution in [1.29, 1.82) is 0 Å². The molecule has 3 aromatic rings. The van der Waals surface area contributed by atoms with Crippen molar-refractivity contribution >= 4 is 11.6 Å². The highest BCUT2D eigenvalue weighted by molar-refractivity contribution is 6.30. The van der Waals surface area contributed by atoms with E-state index in [4.69, 9.17) is 16.3 Å². The van der Waals surface area contributed by atoms with Gasteiger partial charge in [0.15, 0.2) is 0 Å². The first-order chi connectivity index (χ1) is 14.1. The third-order valence-electron chi connectivity index (χ3n) is 5.36. The van der Waals surface area contributed by atoms with Crippen molar-refractivity contribution in [3.63, 3.8) is 0 Å². The Morgan fingerprint density at radius 1 is 0.897 bits per heavy atom. The zero-order valence-corrected chi connectivity index (χ0v) is 17.1. The van der Waals surface area contributed by atoms with Gasteiger partial charge < -0.3 is 4.74 Å². The summed E-state index contributed by atoms with van der Waals surface area (Å²) in [5, 5.41) is 0.748. The number of nitrogens with zero attached hydrogens (tertiary/aromatic N) is 2. The Morgan fingerprint density at radius 2 is 1.48 bits per heavy atom. The minimum absolute atomic E-state index is 0.117. The van der Waals surface area contributed by atoms with Crippen LogP contribution in [0, 0.1) is 5.82 Å². The molecule has 0 aromatic heterocycles. The van der Waals surface area contributed by atoms with Gasteiger partial charge in [0, 0.05) is 31.2 Å². The zero-order chi connectivity index (χ0) is 20.2. The Hall–Kier alpha value is -2.40. The fraction of sp³-hybridized carbons (Fsp3) is 0.250. The van der Waals surface area contributed by atoms with Gasteiger partial charge in [-0.05, 0) is 53.1 Å². The van der Waals surface area contributed by atoms with E-state index in [2.05, 4.69) is 34.1 Å². The molecule has 1 aliphatic heterocycles. The van der Waals surface area contributed by atoms with Crippen molar-refractivity contribution in [2.45, 2.75) is 19.3 Å². The van der Waals surface area contributed by atoms with E-state index in [0.29, 0.717) is 0 Å². The molecule has 1 fully saturated rings. The first-order valence-corrected chi connectivity index (χ1v) is 10.1. The number of methoxy groups -OCH3 is 1. The quantitative estimate of drug-likeness (QED) is 0.533. The van der Waals surface area contributed by atoms with Gasteiger partial charge in [-0.25, -0.2) is 4.39 Å². The summed E-state index contributed by atoms with van der Waals surface area (Å²) in [7, 11) is 1.69. The van der Waals surface area contributed by atoms with Crippen LogP contribution in [-0.2, 0) is 13.1 Å². The second-order valence-corrected chi connectivity index (χ2v) is 7.78. The molecule has 1 aliphatic rings. The second kappa shape index (κ2) is 8.95. The minimum Gasteiger partial charge on any atom is -0.497 e. The van der Waals surface area contributed by atoms with Crippen molar-refractivity contribution in [2.75, 3.05) is 20.2 Å². The van der Waals surface area contributed by atoms with E-state index in [9.17, 15) is 4.39 Å². The molecular formula is C24H24ClFN2O. The van der Waals surface area contributed by atoms with Gasteiger partial charge in [-0.2, -0.15) is 0 Å². The van der Waals surface area contributed by atoms with Crippen LogP contribution >= 0.6 is 11.6 Å². The van der Waals surface area contributed by atoms with E-state index >= 15 is 0 Å². The Balaban J connectivity index is 1.61. The SMILES string of the molecule is COc1cccc(C2N(Cc3ccc(F)cc3)CCN2Cc2ccc(Cl)cc2)c1. The van der Waals surface area contributed by atoms with Crippen molar-refractivity contribution in [3.05, 3.63) is 100 Å². The lowest BCUT2D eigenvalue weighted by molar-refractivity contribution is 0.125. The third-order valence-corrected chi connectivity index (χ3v) is 5.61. The molecule has 1 unspecified atom stereocenters. The van der Waals surface area contributed by atoms with Crippen LogP contribution in [0.5, 0.6) is 5.75 Å². The summed E-state index contributed by atoms with van der Waals surface area (Å²) in [5.41, 5.74) is 3.52. The van der Waals surface area contributed by atoms with Crippen LogP contribution in [0.3, 0.4) is 0 Å². The highest BCUT2D eigenvalue weighted by Gasteiger charge is 2.33. The largest absolute Gasteiger partial charge is 0.497 e. The predicted octanol–water partition coefficient (Wildman–Crippen LogP) is 5.50. The van der Waals surface area contributed by atoms with Crippen LogP contribution in [0.2, 0.25) is 5.02 Å². The van der Waals surface area contributed by atoms with Crippen LogP contribution in [0.15, 0.2) is 72.8 Å². The number of benzene rings is 3. The van der Waals surface area contributed by atoms with Gasteiger partial charge in [0.25, 0.3) is 0 Å². The molecule has 0 saturated carbocycles. The van der Waals surface area contributed by atoms with E-state index in [1.54, 1.807) is 7.11 Å². The van der Waals surface area contributed by atoms with Gasteiger partial charge in [-0.1, -0.05) is 48.0 Å². The number of ether oxygens (including phenoxy) is 1. The van der Waals surface area contributed by atoms with Crippen molar-refractivity contribution < 1.29 is 9.13 Å². The first kappa shape index (κ1) is 19.9. The Kier molecular flexibility index (Phi) is 6.14. The Bertz CT molecular complexity index is 890. The normalized spacial score (nSPS) is 17.6. The minimum atomic E-state index is -0.205. The molecule has 0 spiro atoms. The first-order valence-electron chi connectivity index (χ1n) is 9.73. The van der Waals surface area contributed by atoms with Crippen molar-refractivity contribution in [1.82, 2.24) is 9.80 Å². The van der Waals surface area contributed by atoms with Gasteiger partial charge in [0.2, 0.25) is 0 Å².